The number of hydrogen-bond acceptors (Lipinski definition) is 3. The van der Waals surface area contributed by atoms with E-state index in [-0.39, 0.29) is 16.9 Å². The molecule has 1 fully saturated rings. The molecule has 0 aliphatic carbocycles. The van der Waals surface area contributed by atoms with Gasteiger partial charge in [-0.2, -0.15) is 0 Å². The van der Waals surface area contributed by atoms with Gasteiger partial charge in [0.05, 0.1) is 12.3 Å². The van der Waals surface area contributed by atoms with Crippen molar-refractivity contribution in [2.75, 3.05) is 13.2 Å². The normalized spacial score (nSPS) is 21.3. The molecule has 16 heavy (non-hydrogen) atoms. The van der Waals surface area contributed by atoms with Gasteiger partial charge in [-0.25, -0.2) is 4.98 Å². The third-order valence-electron chi connectivity index (χ3n) is 2.84. The van der Waals surface area contributed by atoms with Gasteiger partial charge in [-0.05, 0) is 6.42 Å². The zero-order chi connectivity index (χ0) is 11.8. The van der Waals surface area contributed by atoms with E-state index in [0.29, 0.717) is 6.61 Å². The lowest BCUT2D eigenvalue weighted by Crippen LogP contribution is -2.22. The number of nitrogens with zero attached hydrogens (tertiary/aromatic N) is 1. The van der Waals surface area contributed by atoms with Gasteiger partial charge in [-0.3, -0.25) is 4.79 Å². The van der Waals surface area contributed by atoms with Crippen molar-refractivity contribution >= 4 is 0 Å². The summed E-state index contributed by atoms with van der Waals surface area (Å²) in [6.45, 7) is 7.60. The fourth-order valence-electron chi connectivity index (χ4n) is 1.80. The predicted molar refractivity (Wildman–Crippen MR) is 61.7 cm³/mol. The largest absolute Gasteiger partial charge is 0.381 e. The van der Waals surface area contributed by atoms with Gasteiger partial charge in [0, 0.05) is 24.0 Å². The Kier molecular flexibility index (Phi) is 2.84. The van der Waals surface area contributed by atoms with E-state index in [4.69, 9.17) is 4.74 Å². The minimum Gasteiger partial charge on any atom is -0.381 e. The fourth-order valence-corrected chi connectivity index (χ4v) is 1.80. The smallest absolute Gasteiger partial charge is 0.251 e. The first-order valence-electron chi connectivity index (χ1n) is 5.66. The van der Waals surface area contributed by atoms with Crippen LogP contribution in [0.5, 0.6) is 0 Å². The summed E-state index contributed by atoms with van der Waals surface area (Å²) in [4.78, 5) is 18.9. The van der Waals surface area contributed by atoms with Crippen molar-refractivity contribution in [3.8, 4) is 0 Å². The first-order chi connectivity index (χ1) is 7.47. The average Bonchev–Trinajstić information content (AvgIpc) is 2.68. The Labute approximate surface area is 95.1 Å². The molecule has 2 rings (SSSR count). The Bertz CT molecular complexity index is 425. The highest BCUT2D eigenvalue weighted by atomic mass is 16.5. The summed E-state index contributed by atoms with van der Waals surface area (Å²) in [7, 11) is 0. The van der Waals surface area contributed by atoms with E-state index >= 15 is 0 Å². The van der Waals surface area contributed by atoms with Gasteiger partial charge in [0.25, 0.3) is 5.56 Å². The van der Waals surface area contributed by atoms with Crippen molar-refractivity contribution in [3.63, 3.8) is 0 Å². The number of H-pyrrole nitrogens is 1. The Balaban J connectivity index is 2.39. The molecular weight excluding hydrogens is 204 g/mol. The molecule has 0 bridgehead atoms. The lowest BCUT2D eigenvalue weighted by Gasteiger charge is -2.18. The molecule has 2 heterocycles. The van der Waals surface area contributed by atoms with Crippen LogP contribution in [0.25, 0.3) is 0 Å². The topological polar surface area (TPSA) is 55.0 Å². The molecule has 1 aliphatic rings. The van der Waals surface area contributed by atoms with Crippen LogP contribution >= 0.6 is 0 Å². The first-order valence-corrected chi connectivity index (χ1v) is 5.66. The van der Waals surface area contributed by atoms with E-state index < -0.39 is 0 Å². The molecule has 0 saturated carbocycles. The molecule has 1 saturated heterocycles. The van der Waals surface area contributed by atoms with E-state index in [0.717, 1.165) is 24.5 Å². The van der Waals surface area contributed by atoms with Crippen molar-refractivity contribution in [2.45, 2.75) is 38.5 Å². The molecule has 1 aliphatic heterocycles. The highest BCUT2D eigenvalue weighted by Gasteiger charge is 2.23. The minimum atomic E-state index is -0.0948. The zero-order valence-electron chi connectivity index (χ0n) is 10.0. The second kappa shape index (κ2) is 4.01. The monoisotopic (exact) mass is 222 g/mol. The highest BCUT2D eigenvalue weighted by molar-refractivity contribution is 5.14. The molecule has 4 nitrogen and oxygen atoms in total. The summed E-state index contributed by atoms with van der Waals surface area (Å²) < 4.78 is 5.31. The molecule has 1 aromatic rings. The summed E-state index contributed by atoms with van der Waals surface area (Å²) in [5.74, 6) is 1.02. The first kappa shape index (κ1) is 11.3. The molecule has 1 N–H and O–H groups in total. The van der Waals surface area contributed by atoms with E-state index in [9.17, 15) is 4.79 Å². The molecule has 0 amide bonds. The van der Waals surface area contributed by atoms with Gasteiger partial charge < -0.3 is 9.72 Å². The van der Waals surface area contributed by atoms with Crippen LogP contribution in [0.2, 0.25) is 0 Å². The lowest BCUT2D eigenvalue weighted by atomic mass is 9.92. The Morgan fingerprint density at radius 3 is 2.81 bits per heavy atom. The van der Waals surface area contributed by atoms with Gasteiger partial charge in [0.15, 0.2) is 0 Å². The Hall–Kier alpha value is -1.16. The van der Waals surface area contributed by atoms with Gasteiger partial charge in [-0.15, -0.1) is 0 Å². The van der Waals surface area contributed by atoms with Crippen molar-refractivity contribution < 1.29 is 4.74 Å². The summed E-state index contributed by atoms with van der Waals surface area (Å²) >= 11 is 0. The number of aromatic amines is 1. The summed E-state index contributed by atoms with van der Waals surface area (Å²) in [6, 6.07) is 1.58. The summed E-state index contributed by atoms with van der Waals surface area (Å²) in [5, 5.41) is 0. The molecule has 1 atom stereocenters. The summed E-state index contributed by atoms with van der Waals surface area (Å²) in [6.07, 6.45) is 0.941. The van der Waals surface area contributed by atoms with Crippen LogP contribution in [0.3, 0.4) is 0 Å². The van der Waals surface area contributed by atoms with Crippen LogP contribution in [-0.4, -0.2) is 23.2 Å². The van der Waals surface area contributed by atoms with Gasteiger partial charge in [0.2, 0.25) is 0 Å². The quantitative estimate of drug-likeness (QED) is 0.784. The molecule has 0 radical (unpaired) electrons. The molecule has 1 unspecified atom stereocenters. The van der Waals surface area contributed by atoms with Crippen LogP contribution in [-0.2, 0) is 10.2 Å². The Morgan fingerprint density at radius 2 is 2.25 bits per heavy atom. The van der Waals surface area contributed by atoms with Crippen LogP contribution in [0.1, 0.15) is 44.6 Å². The average molecular weight is 222 g/mol. The fraction of sp³-hybridized carbons (Fsp3) is 0.667. The van der Waals surface area contributed by atoms with Crippen molar-refractivity contribution in [1.29, 1.82) is 0 Å². The van der Waals surface area contributed by atoms with Gasteiger partial charge >= 0.3 is 0 Å². The van der Waals surface area contributed by atoms with Crippen molar-refractivity contribution in [3.05, 3.63) is 27.9 Å². The van der Waals surface area contributed by atoms with Crippen molar-refractivity contribution in [1.82, 2.24) is 9.97 Å². The third kappa shape index (κ3) is 2.32. The second-order valence-corrected chi connectivity index (χ2v) is 5.33. The third-order valence-corrected chi connectivity index (χ3v) is 2.84. The van der Waals surface area contributed by atoms with E-state index in [1.807, 2.05) is 0 Å². The van der Waals surface area contributed by atoms with Crippen molar-refractivity contribution in [2.24, 2.45) is 0 Å². The van der Waals surface area contributed by atoms with Crippen LogP contribution in [0.4, 0.5) is 0 Å². The second-order valence-electron chi connectivity index (χ2n) is 5.33. The van der Waals surface area contributed by atoms with E-state index in [1.165, 1.54) is 0 Å². The molecule has 4 heteroatoms. The maximum absolute atomic E-state index is 11.6. The standard InChI is InChI=1S/C12H18N2O2/c1-12(2,3)9-6-10(15)14-11(13-9)8-4-5-16-7-8/h6,8H,4-5,7H2,1-3H3,(H,13,14,15). The van der Waals surface area contributed by atoms with E-state index in [1.54, 1.807) is 6.07 Å². The van der Waals surface area contributed by atoms with Gasteiger partial charge in [0.1, 0.15) is 5.82 Å². The van der Waals surface area contributed by atoms with Crippen LogP contribution in [0.15, 0.2) is 10.9 Å². The zero-order valence-corrected chi connectivity index (χ0v) is 10.0. The maximum atomic E-state index is 11.6. The summed E-state index contributed by atoms with van der Waals surface area (Å²) in [5.41, 5.74) is 0.683. The number of nitrogens with one attached hydrogen (secondary N) is 1. The SMILES string of the molecule is CC(C)(C)c1cc(=O)[nH]c(C2CCOC2)n1. The number of aromatic nitrogens is 2. The van der Waals surface area contributed by atoms with Crippen LogP contribution in [0, 0.1) is 0 Å². The van der Waals surface area contributed by atoms with Crippen LogP contribution < -0.4 is 5.56 Å². The number of rotatable bonds is 1. The molecular formula is C12H18N2O2. The highest BCUT2D eigenvalue weighted by Crippen LogP contribution is 2.24. The minimum absolute atomic E-state index is 0.0678. The number of ether oxygens (including phenoxy) is 1. The van der Waals surface area contributed by atoms with E-state index in [2.05, 4.69) is 30.7 Å². The maximum Gasteiger partial charge on any atom is 0.251 e. The predicted octanol–water partition coefficient (Wildman–Crippen LogP) is 1.57. The Morgan fingerprint density at radius 1 is 1.50 bits per heavy atom. The molecule has 0 spiro atoms. The lowest BCUT2D eigenvalue weighted by molar-refractivity contribution is 0.193. The molecule has 88 valence electrons. The molecule has 0 aromatic carbocycles. The van der Waals surface area contributed by atoms with Gasteiger partial charge in [-0.1, -0.05) is 20.8 Å². The number of hydrogen-bond donors (Lipinski definition) is 1. The molecule has 1 aromatic heterocycles.